The SMILES string of the molecule is CCCCC/C=C\CC=CCCCCCCCC(CCCCCCCCCCCCCC/C=C\CC=CCCCCCCCC(N)CCCCCC(C)C)N(C)C. The Labute approximate surface area is 361 Å². The van der Waals surface area contributed by atoms with Gasteiger partial charge in [0.2, 0.25) is 0 Å². The van der Waals surface area contributed by atoms with Crippen LogP contribution in [0.15, 0.2) is 48.6 Å². The van der Waals surface area contributed by atoms with Crippen molar-refractivity contribution in [2.24, 2.45) is 11.7 Å². The second-order valence-corrected chi connectivity index (χ2v) is 18.8. The number of hydrogen-bond acceptors (Lipinski definition) is 2. The van der Waals surface area contributed by atoms with Crippen LogP contribution in [0.1, 0.15) is 271 Å². The van der Waals surface area contributed by atoms with Gasteiger partial charge < -0.3 is 10.6 Å². The number of rotatable bonds is 46. The molecule has 2 heteroatoms. The zero-order chi connectivity index (χ0) is 41.5. The molecule has 0 heterocycles. The van der Waals surface area contributed by atoms with Crippen molar-refractivity contribution in [1.29, 1.82) is 0 Å². The first-order valence-electron chi connectivity index (χ1n) is 26.0. The first kappa shape index (κ1) is 55.9. The van der Waals surface area contributed by atoms with E-state index in [0.717, 1.165) is 24.8 Å². The molecule has 2 unspecified atom stereocenters. The Morgan fingerprint density at radius 1 is 0.351 bits per heavy atom. The van der Waals surface area contributed by atoms with E-state index in [2.05, 4.69) is 88.4 Å². The summed E-state index contributed by atoms with van der Waals surface area (Å²) in [5, 5.41) is 0. The van der Waals surface area contributed by atoms with Crippen molar-refractivity contribution in [3.8, 4) is 0 Å². The van der Waals surface area contributed by atoms with Crippen LogP contribution in [0.25, 0.3) is 0 Å². The van der Waals surface area contributed by atoms with Crippen molar-refractivity contribution in [2.75, 3.05) is 14.1 Å². The number of unbranched alkanes of at least 4 members (excludes halogenated alkanes) is 27. The maximum absolute atomic E-state index is 6.34. The summed E-state index contributed by atoms with van der Waals surface area (Å²) < 4.78 is 0. The van der Waals surface area contributed by atoms with Gasteiger partial charge in [0.05, 0.1) is 0 Å². The molecule has 0 amide bonds. The van der Waals surface area contributed by atoms with Crippen molar-refractivity contribution in [3.05, 3.63) is 48.6 Å². The van der Waals surface area contributed by atoms with Crippen molar-refractivity contribution in [3.63, 3.8) is 0 Å². The van der Waals surface area contributed by atoms with E-state index in [9.17, 15) is 0 Å². The van der Waals surface area contributed by atoms with Crippen LogP contribution in [-0.4, -0.2) is 31.1 Å². The first-order valence-corrected chi connectivity index (χ1v) is 26.0. The lowest BCUT2D eigenvalue weighted by molar-refractivity contribution is 0.251. The maximum Gasteiger partial charge on any atom is 0.00891 e. The van der Waals surface area contributed by atoms with Crippen molar-refractivity contribution in [1.82, 2.24) is 4.90 Å². The molecule has 0 saturated carbocycles. The van der Waals surface area contributed by atoms with Crippen molar-refractivity contribution >= 4 is 0 Å². The summed E-state index contributed by atoms with van der Waals surface area (Å²) in [5.41, 5.74) is 6.34. The zero-order valence-corrected chi connectivity index (χ0v) is 40.0. The van der Waals surface area contributed by atoms with Crippen molar-refractivity contribution < 1.29 is 0 Å². The first-order chi connectivity index (χ1) is 28.0. The molecule has 2 atom stereocenters. The lowest BCUT2D eigenvalue weighted by atomic mass is 9.99. The molecule has 0 fully saturated rings. The highest BCUT2D eigenvalue weighted by Gasteiger charge is 2.10. The summed E-state index contributed by atoms with van der Waals surface area (Å²) in [5.74, 6) is 0.848. The second kappa shape index (κ2) is 47.6. The molecule has 0 saturated heterocycles. The molecule has 2 nitrogen and oxygen atoms in total. The summed E-state index contributed by atoms with van der Waals surface area (Å²) in [6.45, 7) is 6.93. The Morgan fingerprint density at radius 3 is 0.965 bits per heavy atom. The molecular formula is C55H106N2. The molecule has 0 aromatic heterocycles. The molecule has 0 spiro atoms. The van der Waals surface area contributed by atoms with Gasteiger partial charge in [-0.3, -0.25) is 0 Å². The van der Waals surface area contributed by atoms with Crippen LogP contribution in [0.5, 0.6) is 0 Å². The molecule has 336 valence electrons. The molecule has 0 aliphatic heterocycles. The van der Waals surface area contributed by atoms with Gasteiger partial charge in [-0.2, -0.15) is 0 Å². The fourth-order valence-corrected chi connectivity index (χ4v) is 8.25. The Kier molecular flexibility index (Phi) is 46.6. The quantitative estimate of drug-likeness (QED) is 0.0491. The van der Waals surface area contributed by atoms with E-state index in [4.69, 9.17) is 5.73 Å². The molecule has 0 radical (unpaired) electrons. The molecule has 0 aromatic carbocycles. The number of hydrogen-bond donors (Lipinski definition) is 1. The molecule has 0 aliphatic rings. The van der Waals surface area contributed by atoms with Gasteiger partial charge in [0.1, 0.15) is 0 Å². The predicted molar refractivity (Wildman–Crippen MR) is 263 cm³/mol. The largest absolute Gasteiger partial charge is 0.328 e. The highest BCUT2D eigenvalue weighted by atomic mass is 15.1. The van der Waals surface area contributed by atoms with Crippen LogP contribution >= 0.6 is 0 Å². The average Bonchev–Trinajstić information content (AvgIpc) is 3.19. The fourth-order valence-electron chi connectivity index (χ4n) is 8.25. The zero-order valence-electron chi connectivity index (χ0n) is 40.0. The normalized spacial score (nSPS) is 13.6. The molecule has 0 rings (SSSR count). The summed E-state index contributed by atoms with van der Waals surface area (Å²) in [4.78, 5) is 2.50. The lowest BCUT2D eigenvalue weighted by Gasteiger charge is -2.24. The average molecular weight is 795 g/mol. The molecule has 57 heavy (non-hydrogen) atoms. The number of nitrogens with two attached hydrogens (primary N) is 1. The molecule has 0 bridgehead atoms. The van der Waals surface area contributed by atoms with Gasteiger partial charge in [0.25, 0.3) is 0 Å². The molecular weight excluding hydrogens is 689 g/mol. The van der Waals surface area contributed by atoms with E-state index >= 15 is 0 Å². The van der Waals surface area contributed by atoms with Gasteiger partial charge in [0, 0.05) is 12.1 Å². The Hall–Kier alpha value is -1.12. The minimum absolute atomic E-state index is 0.439. The highest BCUT2D eigenvalue weighted by Crippen LogP contribution is 2.19. The van der Waals surface area contributed by atoms with Crippen LogP contribution < -0.4 is 5.73 Å². The van der Waals surface area contributed by atoms with Crippen LogP contribution in [0, 0.1) is 5.92 Å². The van der Waals surface area contributed by atoms with Gasteiger partial charge in [-0.1, -0.05) is 230 Å². The van der Waals surface area contributed by atoms with Crippen LogP contribution in [-0.2, 0) is 0 Å². The molecule has 0 aliphatic carbocycles. The Bertz CT molecular complexity index is 866. The summed E-state index contributed by atoms with van der Waals surface area (Å²) >= 11 is 0. The third-order valence-electron chi connectivity index (χ3n) is 12.3. The van der Waals surface area contributed by atoms with E-state index < -0.39 is 0 Å². The molecule has 0 aromatic rings. The number of allylic oxidation sites excluding steroid dienone is 8. The summed E-state index contributed by atoms with van der Waals surface area (Å²) in [6, 6.07) is 1.23. The van der Waals surface area contributed by atoms with Crippen LogP contribution in [0.3, 0.4) is 0 Å². The standard InChI is InChI=1S/C55H106N2/c1-6-7-8-9-10-11-12-13-24-28-31-34-37-40-46-51-55(57(4)5)52-47-41-38-35-32-29-26-23-21-19-17-15-14-16-18-20-22-25-27-30-33-36-39-44-49-54(56)50-45-42-43-48-53(2)3/h10-11,13,16,18,22,24-25,53-55H,6-9,12,14-15,17,19-21,23,26-52,56H2,1-5H3/b11-10-,18-16-,24-13?,25-22?. The van der Waals surface area contributed by atoms with Gasteiger partial charge >= 0.3 is 0 Å². The Morgan fingerprint density at radius 2 is 0.632 bits per heavy atom. The number of nitrogens with zero attached hydrogens (tertiary/aromatic N) is 1. The monoisotopic (exact) mass is 795 g/mol. The van der Waals surface area contributed by atoms with Crippen LogP contribution in [0.4, 0.5) is 0 Å². The highest BCUT2D eigenvalue weighted by molar-refractivity contribution is 4.93. The van der Waals surface area contributed by atoms with E-state index in [1.54, 1.807) is 0 Å². The van der Waals surface area contributed by atoms with E-state index in [1.807, 2.05) is 0 Å². The van der Waals surface area contributed by atoms with Gasteiger partial charge in [-0.25, -0.2) is 0 Å². The van der Waals surface area contributed by atoms with Gasteiger partial charge in [0.15, 0.2) is 0 Å². The van der Waals surface area contributed by atoms with Crippen LogP contribution in [0.2, 0.25) is 0 Å². The fraction of sp³-hybridized carbons (Fsp3) is 0.855. The summed E-state index contributed by atoms with van der Waals surface area (Å²) in [6.07, 6.45) is 72.1. The third kappa shape index (κ3) is 47.4. The maximum atomic E-state index is 6.34. The lowest BCUT2D eigenvalue weighted by Crippen LogP contribution is -2.27. The van der Waals surface area contributed by atoms with E-state index in [1.165, 1.54) is 238 Å². The van der Waals surface area contributed by atoms with Crippen molar-refractivity contribution in [2.45, 2.75) is 283 Å². The minimum Gasteiger partial charge on any atom is -0.328 e. The van der Waals surface area contributed by atoms with E-state index in [-0.39, 0.29) is 0 Å². The minimum atomic E-state index is 0.439. The third-order valence-corrected chi connectivity index (χ3v) is 12.3. The summed E-state index contributed by atoms with van der Waals surface area (Å²) in [7, 11) is 4.60. The topological polar surface area (TPSA) is 29.3 Å². The smallest absolute Gasteiger partial charge is 0.00891 e. The Balaban J connectivity index is 3.43. The second-order valence-electron chi connectivity index (χ2n) is 18.8. The van der Waals surface area contributed by atoms with Gasteiger partial charge in [-0.15, -0.1) is 0 Å². The van der Waals surface area contributed by atoms with Gasteiger partial charge in [-0.05, 0) is 110 Å². The molecule has 2 N–H and O–H groups in total. The van der Waals surface area contributed by atoms with E-state index in [0.29, 0.717) is 6.04 Å². The predicted octanol–water partition coefficient (Wildman–Crippen LogP) is 18.4.